The van der Waals surface area contributed by atoms with Crippen molar-refractivity contribution < 1.29 is 35.1 Å². The largest absolute Gasteiger partial charge is 0.479 e. The maximum Gasteiger partial charge on any atom is 0.335 e. The highest BCUT2D eigenvalue weighted by atomic mass is 79.9. The lowest BCUT2D eigenvalue weighted by Gasteiger charge is -2.23. The molecule has 0 amide bonds. The molecule has 0 unspecified atom stereocenters. The number of carboxylic acid groups (broad SMARTS) is 1. The molecule has 11 heteroatoms. The number of rotatable bonds is 6. The van der Waals surface area contributed by atoms with Gasteiger partial charge in [-0.2, -0.15) is 0 Å². The highest BCUT2D eigenvalue weighted by Crippen LogP contribution is 2.34. The highest BCUT2D eigenvalue weighted by Gasteiger charge is 2.38. The number of hydrogen-bond acceptors (Lipinski definition) is 7. The van der Waals surface area contributed by atoms with Crippen LogP contribution in [0.2, 0.25) is 5.02 Å². The standard InChI is InChI=1S/C14H13BrClNO7.C6H13N/c15-5-1-2-6-7(8(5)16)4(3-17-6)9(18)10(19)11(20)12(21)13(22)14(23)24;7-6-4-2-1-3-5-6/h1-3,10-13,17,19-22H,(H,23,24);6H,1-5,7H2/t10-,11+,12-,13-;/m0./s1. The predicted molar refractivity (Wildman–Crippen MR) is 118 cm³/mol. The van der Waals surface area contributed by atoms with Crippen LogP contribution in [0.1, 0.15) is 42.5 Å². The monoisotopic (exact) mass is 520 g/mol. The first-order valence-corrected chi connectivity index (χ1v) is 10.9. The van der Waals surface area contributed by atoms with E-state index < -0.39 is 36.2 Å². The lowest BCUT2D eigenvalue weighted by Crippen LogP contribution is -2.50. The third-order valence-electron chi connectivity index (χ3n) is 5.17. The maximum absolute atomic E-state index is 12.4. The Balaban J connectivity index is 0.000000412. The van der Waals surface area contributed by atoms with Gasteiger partial charge in [0.25, 0.3) is 0 Å². The van der Waals surface area contributed by atoms with Gasteiger partial charge in [-0.05, 0) is 40.9 Å². The molecular formula is C20H26BrClN2O7. The fourth-order valence-corrected chi connectivity index (χ4v) is 3.92. The minimum absolute atomic E-state index is 0.0557. The maximum atomic E-state index is 12.4. The van der Waals surface area contributed by atoms with E-state index in [4.69, 9.17) is 22.4 Å². The Morgan fingerprint density at radius 1 is 1.06 bits per heavy atom. The number of carbonyl (C=O) groups excluding carboxylic acids is 1. The van der Waals surface area contributed by atoms with E-state index in [1.165, 1.54) is 38.3 Å². The number of Topliss-reactive ketones (excluding diaryl/α,β-unsaturated/α-hetero) is 1. The number of aliphatic carboxylic acids is 1. The van der Waals surface area contributed by atoms with Gasteiger partial charge in [-0.3, -0.25) is 4.79 Å². The van der Waals surface area contributed by atoms with E-state index in [-0.39, 0.29) is 16.0 Å². The first kappa shape index (κ1) is 25.7. The van der Waals surface area contributed by atoms with Crippen molar-refractivity contribution in [2.24, 2.45) is 5.73 Å². The summed E-state index contributed by atoms with van der Waals surface area (Å²) in [4.78, 5) is 25.8. The highest BCUT2D eigenvalue weighted by molar-refractivity contribution is 9.10. The molecule has 0 spiro atoms. The molecule has 1 heterocycles. The molecule has 1 fully saturated rings. The molecule has 0 saturated heterocycles. The summed E-state index contributed by atoms with van der Waals surface area (Å²) in [7, 11) is 0. The Kier molecular flexibility index (Phi) is 9.44. The molecule has 1 aliphatic carbocycles. The molecule has 1 aliphatic rings. The summed E-state index contributed by atoms with van der Waals surface area (Å²) in [5, 5.41) is 47.6. The van der Waals surface area contributed by atoms with Crippen LogP contribution in [0.4, 0.5) is 0 Å². The van der Waals surface area contributed by atoms with Gasteiger partial charge in [0.1, 0.15) is 18.3 Å². The smallest absolute Gasteiger partial charge is 0.335 e. The first-order chi connectivity index (χ1) is 14.6. The number of nitrogens with one attached hydrogen (secondary N) is 1. The minimum atomic E-state index is -2.36. The number of carbonyl (C=O) groups is 2. The predicted octanol–water partition coefficient (Wildman–Crippen LogP) is 1.57. The van der Waals surface area contributed by atoms with Crippen LogP contribution < -0.4 is 5.73 Å². The average molecular weight is 522 g/mol. The number of fused-ring (bicyclic) bond motifs is 1. The summed E-state index contributed by atoms with van der Waals surface area (Å²) in [5.41, 5.74) is 6.08. The van der Waals surface area contributed by atoms with Gasteiger partial charge in [-0.15, -0.1) is 0 Å². The molecule has 172 valence electrons. The first-order valence-electron chi connectivity index (χ1n) is 9.76. The summed E-state index contributed by atoms with van der Waals surface area (Å²) in [5.74, 6) is -2.80. The zero-order valence-electron chi connectivity index (χ0n) is 16.5. The molecule has 1 aromatic heterocycles. The molecule has 4 atom stereocenters. The lowest BCUT2D eigenvalue weighted by atomic mass is 9.96. The van der Waals surface area contributed by atoms with Crippen molar-refractivity contribution in [3.8, 4) is 0 Å². The Hall–Kier alpha value is -1.53. The van der Waals surface area contributed by atoms with Crippen molar-refractivity contribution in [2.75, 3.05) is 0 Å². The summed E-state index contributed by atoms with van der Waals surface area (Å²) >= 11 is 9.33. The van der Waals surface area contributed by atoms with Crippen LogP contribution in [0.15, 0.2) is 22.8 Å². The Morgan fingerprint density at radius 3 is 2.16 bits per heavy atom. The summed E-state index contributed by atoms with van der Waals surface area (Å²) < 4.78 is 0.502. The second kappa shape index (κ2) is 11.4. The van der Waals surface area contributed by atoms with Crippen molar-refractivity contribution in [2.45, 2.75) is 62.6 Å². The van der Waals surface area contributed by atoms with Gasteiger partial charge in [0.05, 0.1) is 5.02 Å². The zero-order valence-corrected chi connectivity index (χ0v) is 18.9. The summed E-state index contributed by atoms with van der Waals surface area (Å²) in [6, 6.07) is 3.82. The Labute approximate surface area is 192 Å². The van der Waals surface area contributed by atoms with Crippen molar-refractivity contribution in [1.29, 1.82) is 0 Å². The van der Waals surface area contributed by atoms with E-state index in [0.29, 0.717) is 16.0 Å². The Morgan fingerprint density at radius 2 is 1.65 bits per heavy atom. The molecular weight excluding hydrogens is 496 g/mol. The fraction of sp³-hybridized carbons (Fsp3) is 0.500. The van der Waals surface area contributed by atoms with Crippen molar-refractivity contribution in [3.63, 3.8) is 0 Å². The molecule has 1 aromatic carbocycles. The molecule has 0 bridgehead atoms. The number of aromatic amines is 1. The van der Waals surface area contributed by atoms with Crippen LogP contribution >= 0.6 is 27.5 Å². The second-order valence-corrected chi connectivity index (χ2v) is 8.69. The molecule has 1 saturated carbocycles. The number of carboxylic acids is 1. The van der Waals surface area contributed by atoms with E-state index in [0.717, 1.165) is 0 Å². The molecule has 0 aliphatic heterocycles. The van der Waals surface area contributed by atoms with E-state index in [1.54, 1.807) is 12.1 Å². The molecule has 8 N–H and O–H groups in total. The quantitative estimate of drug-likeness (QED) is 0.280. The van der Waals surface area contributed by atoms with Gasteiger partial charge in [0.2, 0.25) is 0 Å². The van der Waals surface area contributed by atoms with E-state index in [1.807, 2.05) is 0 Å². The number of ketones is 1. The SMILES string of the molecule is NC1CCCCC1.O=C(O)[C@@H](O)[C@@H](O)[C@H](O)[C@@H](O)C(=O)c1c[nH]c2ccc(Br)c(Cl)c12. The number of aliphatic hydroxyl groups excluding tert-OH is 4. The van der Waals surface area contributed by atoms with Crippen LogP contribution in [0.25, 0.3) is 10.9 Å². The van der Waals surface area contributed by atoms with Crippen LogP contribution in [-0.2, 0) is 4.79 Å². The third kappa shape index (κ3) is 6.26. The van der Waals surface area contributed by atoms with Gasteiger partial charge in [-0.25, -0.2) is 4.79 Å². The minimum Gasteiger partial charge on any atom is -0.479 e. The summed E-state index contributed by atoms with van der Waals surface area (Å²) in [6.45, 7) is 0. The van der Waals surface area contributed by atoms with Crippen LogP contribution in [0.5, 0.6) is 0 Å². The number of aliphatic hydroxyl groups is 4. The third-order valence-corrected chi connectivity index (χ3v) is 6.45. The molecule has 3 rings (SSSR count). The number of benzene rings is 1. The summed E-state index contributed by atoms with van der Waals surface area (Å²) in [6.07, 6.45) is -1.06. The van der Waals surface area contributed by atoms with Crippen LogP contribution in [0.3, 0.4) is 0 Å². The lowest BCUT2D eigenvalue weighted by molar-refractivity contribution is -0.161. The van der Waals surface area contributed by atoms with Crippen LogP contribution in [-0.4, -0.2) is 72.7 Å². The van der Waals surface area contributed by atoms with Gasteiger partial charge >= 0.3 is 5.97 Å². The molecule has 9 nitrogen and oxygen atoms in total. The van der Waals surface area contributed by atoms with Gasteiger partial charge in [0, 0.05) is 33.2 Å². The van der Waals surface area contributed by atoms with E-state index >= 15 is 0 Å². The second-order valence-electron chi connectivity index (χ2n) is 7.46. The van der Waals surface area contributed by atoms with Crippen molar-refractivity contribution >= 4 is 50.2 Å². The van der Waals surface area contributed by atoms with E-state index in [2.05, 4.69) is 20.9 Å². The molecule has 2 aromatic rings. The van der Waals surface area contributed by atoms with E-state index in [9.17, 15) is 30.0 Å². The van der Waals surface area contributed by atoms with Crippen molar-refractivity contribution in [3.05, 3.63) is 33.4 Å². The van der Waals surface area contributed by atoms with Crippen molar-refractivity contribution in [1.82, 2.24) is 4.98 Å². The normalized spacial score (nSPS) is 18.5. The fourth-order valence-electron chi connectivity index (χ4n) is 3.32. The topological polar surface area (TPSA) is 177 Å². The Bertz CT molecular complexity index is 916. The van der Waals surface area contributed by atoms with Gasteiger partial charge < -0.3 is 36.3 Å². The average Bonchev–Trinajstić information content (AvgIpc) is 3.19. The molecule has 0 radical (unpaired) electrons. The number of halogens is 2. The number of H-pyrrole nitrogens is 1. The van der Waals surface area contributed by atoms with Gasteiger partial charge in [0.15, 0.2) is 11.9 Å². The number of aromatic nitrogens is 1. The molecule has 31 heavy (non-hydrogen) atoms. The van der Waals surface area contributed by atoms with Gasteiger partial charge in [-0.1, -0.05) is 30.9 Å². The number of nitrogens with two attached hydrogens (primary N) is 1. The number of hydrogen-bond donors (Lipinski definition) is 7. The van der Waals surface area contributed by atoms with Crippen LogP contribution in [0, 0.1) is 0 Å². The zero-order chi connectivity index (χ0) is 23.3.